The number of nitrogens with zero attached hydrogens (tertiary/aromatic N) is 3. The summed E-state index contributed by atoms with van der Waals surface area (Å²) in [6.45, 7) is 9.26. The zero-order chi connectivity index (χ0) is 16.5. The SMILES string of the molecule is Cc1cc(C(=O)N(C)CC(C)(C)CN)c(C)n1-c1nccs1.Cl.Cl. The van der Waals surface area contributed by atoms with Crippen molar-refractivity contribution in [3.63, 3.8) is 0 Å². The van der Waals surface area contributed by atoms with Gasteiger partial charge < -0.3 is 10.6 Å². The number of halogens is 2. The number of amides is 1. The summed E-state index contributed by atoms with van der Waals surface area (Å²) in [6.07, 6.45) is 1.77. The molecule has 0 spiro atoms. The first-order valence-corrected chi connectivity index (χ1v) is 8.19. The van der Waals surface area contributed by atoms with Crippen molar-refractivity contribution in [1.82, 2.24) is 14.5 Å². The number of rotatable bonds is 5. The number of aromatic nitrogens is 2. The Hall–Kier alpha value is -1.08. The molecular weight excluding hydrogens is 367 g/mol. The Morgan fingerprint density at radius 3 is 2.50 bits per heavy atom. The molecule has 136 valence electrons. The fourth-order valence-corrected chi connectivity index (χ4v) is 3.34. The lowest BCUT2D eigenvalue weighted by atomic mass is 9.93. The maximum Gasteiger partial charge on any atom is 0.255 e. The fourth-order valence-electron chi connectivity index (χ4n) is 2.58. The summed E-state index contributed by atoms with van der Waals surface area (Å²) in [5.41, 5.74) is 8.34. The van der Waals surface area contributed by atoms with Crippen LogP contribution in [0.3, 0.4) is 0 Å². The molecule has 0 aliphatic heterocycles. The van der Waals surface area contributed by atoms with Crippen LogP contribution in [0.1, 0.15) is 35.6 Å². The number of hydrogen-bond acceptors (Lipinski definition) is 4. The third-order valence-corrected chi connectivity index (χ3v) is 4.59. The first kappa shape index (κ1) is 22.9. The minimum absolute atomic E-state index is 0. The van der Waals surface area contributed by atoms with Crippen molar-refractivity contribution >= 4 is 42.1 Å². The summed E-state index contributed by atoms with van der Waals surface area (Å²) in [5, 5.41) is 2.82. The number of aryl methyl sites for hydroxylation is 1. The summed E-state index contributed by atoms with van der Waals surface area (Å²) in [4.78, 5) is 18.8. The Morgan fingerprint density at radius 1 is 1.38 bits per heavy atom. The van der Waals surface area contributed by atoms with Crippen LogP contribution >= 0.6 is 36.2 Å². The summed E-state index contributed by atoms with van der Waals surface area (Å²) in [6, 6.07) is 1.94. The zero-order valence-corrected chi connectivity index (χ0v) is 17.1. The largest absolute Gasteiger partial charge is 0.341 e. The number of nitrogens with two attached hydrogens (primary N) is 1. The number of hydrogen-bond donors (Lipinski definition) is 1. The van der Waals surface area contributed by atoms with Gasteiger partial charge in [0, 0.05) is 36.6 Å². The molecule has 0 aliphatic carbocycles. The van der Waals surface area contributed by atoms with Gasteiger partial charge >= 0.3 is 0 Å². The van der Waals surface area contributed by atoms with Crippen LogP contribution in [0.25, 0.3) is 5.13 Å². The highest BCUT2D eigenvalue weighted by Gasteiger charge is 2.25. The van der Waals surface area contributed by atoms with Gasteiger partial charge in [0.15, 0.2) is 5.13 Å². The third kappa shape index (κ3) is 4.72. The van der Waals surface area contributed by atoms with Crippen LogP contribution in [0.5, 0.6) is 0 Å². The first-order chi connectivity index (χ1) is 10.3. The lowest BCUT2D eigenvalue weighted by Crippen LogP contribution is -2.39. The lowest BCUT2D eigenvalue weighted by Gasteiger charge is -2.29. The van der Waals surface area contributed by atoms with Crippen LogP contribution in [0.2, 0.25) is 0 Å². The van der Waals surface area contributed by atoms with E-state index in [9.17, 15) is 4.79 Å². The molecule has 0 fully saturated rings. The minimum atomic E-state index is -0.0920. The smallest absolute Gasteiger partial charge is 0.255 e. The molecule has 0 aliphatic rings. The predicted molar refractivity (Wildman–Crippen MR) is 105 cm³/mol. The van der Waals surface area contributed by atoms with Crippen molar-refractivity contribution in [3.8, 4) is 5.13 Å². The molecule has 8 heteroatoms. The van der Waals surface area contributed by atoms with E-state index in [0.29, 0.717) is 13.1 Å². The fraction of sp³-hybridized carbons (Fsp3) is 0.500. The summed E-state index contributed by atoms with van der Waals surface area (Å²) >= 11 is 1.56. The molecule has 1 amide bonds. The molecule has 0 bridgehead atoms. The van der Waals surface area contributed by atoms with Crippen molar-refractivity contribution in [2.45, 2.75) is 27.7 Å². The van der Waals surface area contributed by atoms with Crippen molar-refractivity contribution in [2.75, 3.05) is 20.1 Å². The van der Waals surface area contributed by atoms with Gasteiger partial charge in [-0.3, -0.25) is 9.36 Å². The maximum absolute atomic E-state index is 12.7. The van der Waals surface area contributed by atoms with E-state index in [2.05, 4.69) is 18.8 Å². The van der Waals surface area contributed by atoms with Crippen LogP contribution in [-0.2, 0) is 0 Å². The van der Waals surface area contributed by atoms with Gasteiger partial charge in [-0.15, -0.1) is 36.2 Å². The Labute approximate surface area is 160 Å². The van der Waals surface area contributed by atoms with Crippen molar-refractivity contribution in [3.05, 3.63) is 34.6 Å². The van der Waals surface area contributed by atoms with Gasteiger partial charge in [0.1, 0.15) is 0 Å². The molecular formula is C16H26Cl2N4OS. The van der Waals surface area contributed by atoms with Gasteiger partial charge in [0.25, 0.3) is 5.91 Å². The Morgan fingerprint density at radius 2 is 2.00 bits per heavy atom. The van der Waals surface area contributed by atoms with E-state index >= 15 is 0 Å². The summed E-state index contributed by atoms with van der Waals surface area (Å²) < 4.78 is 2.03. The highest BCUT2D eigenvalue weighted by molar-refractivity contribution is 7.12. The van der Waals surface area contributed by atoms with Gasteiger partial charge in [-0.2, -0.15) is 0 Å². The van der Waals surface area contributed by atoms with Gasteiger partial charge in [0.2, 0.25) is 0 Å². The molecule has 0 saturated heterocycles. The molecule has 0 radical (unpaired) electrons. The number of carbonyl (C=O) groups is 1. The van der Waals surface area contributed by atoms with Crippen LogP contribution in [0, 0.1) is 19.3 Å². The molecule has 2 rings (SSSR count). The summed E-state index contributed by atoms with van der Waals surface area (Å²) in [5.74, 6) is 0.0254. The van der Waals surface area contributed by atoms with E-state index in [0.717, 1.165) is 22.1 Å². The molecule has 24 heavy (non-hydrogen) atoms. The molecule has 2 aromatic heterocycles. The highest BCUT2D eigenvalue weighted by Crippen LogP contribution is 2.24. The second kappa shape index (κ2) is 8.85. The maximum atomic E-state index is 12.7. The Kier molecular flexibility index (Phi) is 8.45. The van der Waals surface area contributed by atoms with E-state index in [1.807, 2.05) is 36.9 Å². The molecule has 5 nitrogen and oxygen atoms in total. The average molecular weight is 393 g/mol. The highest BCUT2D eigenvalue weighted by atomic mass is 35.5. The van der Waals surface area contributed by atoms with E-state index in [4.69, 9.17) is 5.73 Å². The molecule has 0 atom stereocenters. The van der Waals surface area contributed by atoms with Crippen molar-refractivity contribution in [1.29, 1.82) is 0 Å². The Balaban J connectivity index is 0.00000264. The second-order valence-corrected chi connectivity index (χ2v) is 7.34. The molecule has 0 aromatic carbocycles. The molecule has 2 N–H and O–H groups in total. The minimum Gasteiger partial charge on any atom is -0.341 e. The Bertz CT molecular complexity index is 668. The predicted octanol–water partition coefficient (Wildman–Crippen LogP) is 3.45. The van der Waals surface area contributed by atoms with Crippen molar-refractivity contribution in [2.24, 2.45) is 11.1 Å². The van der Waals surface area contributed by atoms with Crippen molar-refractivity contribution < 1.29 is 4.79 Å². The third-order valence-electron chi connectivity index (χ3n) is 3.84. The molecule has 2 heterocycles. The van der Waals surface area contributed by atoms with E-state index in [1.165, 1.54) is 0 Å². The quantitative estimate of drug-likeness (QED) is 0.846. The average Bonchev–Trinajstić information content (AvgIpc) is 3.05. The van der Waals surface area contributed by atoms with Crippen LogP contribution < -0.4 is 5.73 Å². The van der Waals surface area contributed by atoms with Crippen LogP contribution in [0.4, 0.5) is 0 Å². The van der Waals surface area contributed by atoms with E-state index in [1.54, 1.807) is 22.4 Å². The topological polar surface area (TPSA) is 64.2 Å². The molecule has 0 saturated carbocycles. The monoisotopic (exact) mass is 392 g/mol. The standard InChI is InChI=1S/C16H24N4OS.2ClH/c1-11-8-13(12(2)20(11)15-18-6-7-22-15)14(21)19(5)10-16(3,4)9-17;;/h6-8H,9-10,17H2,1-5H3;2*1H. The zero-order valence-electron chi connectivity index (χ0n) is 14.7. The van der Waals surface area contributed by atoms with Crippen LogP contribution in [-0.4, -0.2) is 40.5 Å². The van der Waals surface area contributed by atoms with E-state index in [-0.39, 0.29) is 36.1 Å². The van der Waals surface area contributed by atoms with Gasteiger partial charge in [0.05, 0.1) is 5.56 Å². The normalized spacial score (nSPS) is 10.8. The van der Waals surface area contributed by atoms with Gasteiger partial charge in [-0.25, -0.2) is 4.98 Å². The molecule has 2 aromatic rings. The second-order valence-electron chi connectivity index (χ2n) is 6.46. The lowest BCUT2D eigenvalue weighted by molar-refractivity contribution is 0.0740. The first-order valence-electron chi connectivity index (χ1n) is 7.31. The summed E-state index contributed by atoms with van der Waals surface area (Å²) in [7, 11) is 1.83. The number of thiazole rings is 1. The van der Waals surface area contributed by atoms with Gasteiger partial charge in [-0.1, -0.05) is 13.8 Å². The number of carbonyl (C=O) groups excluding carboxylic acids is 1. The van der Waals surface area contributed by atoms with Crippen LogP contribution in [0.15, 0.2) is 17.6 Å². The van der Waals surface area contributed by atoms with E-state index < -0.39 is 0 Å². The molecule has 0 unspecified atom stereocenters. The van der Waals surface area contributed by atoms with Gasteiger partial charge in [-0.05, 0) is 31.9 Å².